The van der Waals surface area contributed by atoms with Crippen LogP contribution in [0.25, 0.3) is 27.4 Å². The summed E-state index contributed by atoms with van der Waals surface area (Å²) in [5, 5.41) is 9.02. The molecule has 0 saturated carbocycles. The van der Waals surface area contributed by atoms with Gasteiger partial charge in [-0.3, -0.25) is 19.9 Å². The van der Waals surface area contributed by atoms with Crippen LogP contribution in [0.15, 0.2) is 58.9 Å². The van der Waals surface area contributed by atoms with Crippen molar-refractivity contribution in [1.82, 2.24) is 25.6 Å². The zero-order chi connectivity index (χ0) is 26.8. The van der Waals surface area contributed by atoms with Crippen LogP contribution in [0.1, 0.15) is 29.8 Å². The molecule has 0 aliphatic carbocycles. The molecule has 10 heteroatoms. The first kappa shape index (κ1) is 25.7. The van der Waals surface area contributed by atoms with Crippen molar-refractivity contribution in [2.75, 3.05) is 24.5 Å². The Kier molecular flexibility index (Phi) is 7.40. The van der Waals surface area contributed by atoms with Gasteiger partial charge < -0.3 is 10.2 Å². The Morgan fingerprint density at radius 2 is 1.97 bits per heavy atom. The average Bonchev–Trinajstić information content (AvgIpc) is 3.51. The summed E-state index contributed by atoms with van der Waals surface area (Å²) >= 11 is 2.66. The molecule has 0 spiro atoms. The van der Waals surface area contributed by atoms with Crippen LogP contribution in [-0.4, -0.2) is 45.7 Å². The van der Waals surface area contributed by atoms with E-state index in [0.717, 1.165) is 62.2 Å². The van der Waals surface area contributed by atoms with Crippen molar-refractivity contribution >= 4 is 56.4 Å². The first-order valence-electron chi connectivity index (χ1n) is 13.0. The Morgan fingerprint density at radius 1 is 1.13 bits per heavy atom. The SMILES string of the molecule is Cc1cc(CNCC2CCN(c3nccc(C=C4SC(=O)NC4=O)n3)CC2)nc(-c2csc3ccccc23)c1. The van der Waals surface area contributed by atoms with Crippen LogP contribution < -0.4 is 15.5 Å². The van der Waals surface area contributed by atoms with Gasteiger partial charge in [-0.25, -0.2) is 9.97 Å². The summed E-state index contributed by atoms with van der Waals surface area (Å²) in [4.78, 5) is 39.8. The van der Waals surface area contributed by atoms with Gasteiger partial charge >= 0.3 is 0 Å². The number of amides is 2. The predicted octanol–water partition coefficient (Wildman–Crippen LogP) is 5.39. The number of nitrogens with one attached hydrogen (secondary N) is 2. The molecule has 1 aromatic carbocycles. The third-order valence-electron chi connectivity index (χ3n) is 7.00. The molecule has 8 nitrogen and oxygen atoms in total. The molecule has 2 aliphatic heterocycles. The van der Waals surface area contributed by atoms with Gasteiger partial charge in [0.25, 0.3) is 11.1 Å². The van der Waals surface area contributed by atoms with Gasteiger partial charge in [-0.15, -0.1) is 11.3 Å². The molecule has 0 bridgehead atoms. The Hall–Kier alpha value is -3.60. The van der Waals surface area contributed by atoms with E-state index in [1.165, 1.54) is 21.2 Å². The van der Waals surface area contributed by atoms with Gasteiger partial charge in [0, 0.05) is 46.9 Å². The van der Waals surface area contributed by atoms with E-state index in [1.807, 2.05) is 0 Å². The second-order valence-corrected chi connectivity index (χ2v) is 11.8. The third-order valence-corrected chi connectivity index (χ3v) is 8.78. The lowest BCUT2D eigenvalue weighted by atomic mass is 9.97. The molecule has 0 atom stereocenters. The lowest BCUT2D eigenvalue weighted by Gasteiger charge is -2.32. The first-order chi connectivity index (χ1) is 19.0. The monoisotopic (exact) mass is 556 g/mol. The molecule has 4 aromatic rings. The van der Waals surface area contributed by atoms with E-state index in [-0.39, 0.29) is 11.1 Å². The number of aryl methyl sites for hydroxylation is 1. The van der Waals surface area contributed by atoms with E-state index in [2.05, 4.69) is 74.2 Å². The summed E-state index contributed by atoms with van der Waals surface area (Å²) in [5.74, 6) is 0.847. The molecule has 0 radical (unpaired) electrons. The average molecular weight is 557 g/mol. The molecule has 2 fully saturated rings. The van der Waals surface area contributed by atoms with Crippen LogP contribution in [0.5, 0.6) is 0 Å². The molecule has 6 rings (SSSR count). The number of carbonyl (C=O) groups excluding carboxylic acids is 2. The predicted molar refractivity (Wildman–Crippen MR) is 158 cm³/mol. The number of imide groups is 1. The topological polar surface area (TPSA) is 100 Å². The molecule has 0 unspecified atom stereocenters. The number of benzene rings is 1. The molecule has 5 heterocycles. The van der Waals surface area contributed by atoms with Gasteiger partial charge in [0.2, 0.25) is 5.95 Å². The molecule has 2 aliphatic rings. The zero-order valence-electron chi connectivity index (χ0n) is 21.5. The van der Waals surface area contributed by atoms with Crippen LogP contribution in [0.2, 0.25) is 0 Å². The maximum atomic E-state index is 11.8. The van der Waals surface area contributed by atoms with Gasteiger partial charge in [-0.2, -0.15) is 0 Å². The Labute approximate surface area is 235 Å². The summed E-state index contributed by atoms with van der Waals surface area (Å²) in [6.45, 7) is 5.56. The molecule has 2 saturated heterocycles. The highest BCUT2D eigenvalue weighted by Crippen LogP contribution is 2.33. The van der Waals surface area contributed by atoms with Crippen LogP contribution in [-0.2, 0) is 11.3 Å². The molecule has 198 valence electrons. The zero-order valence-corrected chi connectivity index (χ0v) is 23.1. The van der Waals surface area contributed by atoms with Crippen LogP contribution in [0, 0.1) is 12.8 Å². The van der Waals surface area contributed by atoms with Gasteiger partial charge in [0.1, 0.15) is 0 Å². The van der Waals surface area contributed by atoms with Gasteiger partial charge in [-0.1, -0.05) is 18.2 Å². The molecule has 2 N–H and O–H groups in total. The first-order valence-corrected chi connectivity index (χ1v) is 14.7. The number of fused-ring (bicyclic) bond motifs is 1. The number of aromatic nitrogens is 3. The maximum absolute atomic E-state index is 11.8. The fraction of sp³-hybridized carbons (Fsp3) is 0.276. The van der Waals surface area contributed by atoms with Crippen molar-refractivity contribution in [3.05, 3.63) is 75.9 Å². The number of hydrogen-bond acceptors (Lipinski definition) is 9. The van der Waals surface area contributed by atoms with Crippen LogP contribution >= 0.6 is 23.1 Å². The molecular weight excluding hydrogens is 528 g/mol. The third kappa shape index (κ3) is 5.88. The normalized spacial score (nSPS) is 17.4. The van der Waals surface area contributed by atoms with E-state index >= 15 is 0 Å². The summed E-state index contributed by atoms with van der Waals surface area (Å²) in [7, 11) is 0. The van der Waals surface area contributed by atoms with Crippen LogP contribution in [0.4, 0.5) is 10.7 Å². The largest absolute Gasteiger partial charge is 0.341 e. The number of pyridine rings is 1. The van der Waals surface area contributed by atoms with E-state index in [0.29, 0.717) is 22.5 Å². The van der Waals surface area contributed by atoms with E-state index in [9.17, 15) is 9.59 Å². The Balaban J connectivity index is 1.03. The number of rotatable bonds is 7. The highest BCUT2D eigenvalue weighted by atomic mass is 32.2. The second-order valence-electron chi connectivity index (χ2n) is 9.86. The minimum atomic E-state index is -0.379. The second kappa shape index (κ2) is 11.3. The van der Waals surface area contributed by atoms with E-state index in [1.54, 1.807) is 29.7 Å². The van der Waals surface area contributed by atoms with Gasteiger partial charge in [-0.05, 0) is 79.9 Å². The van der Waals surface area contributed by atoms with Crippen molar-refractivity contribution in [2.24, 2.45) is 5.92 Å². The van der Waals surface area contributed by atoms with Crippen molar-refractivity contribution in [2.45, 2.75) is 26.3 Å². The van der Waals surface area contributed by atoms with E-state index in [4.69, 9.17) is 4.98 Å². The fourth-order valence-corrected chi connectivity index (χ4v) is 6.66. The number of piperidine rings is 1. The van der Waals surface area contributed by atoms with Crippen molar-refractivity contribution < 1.29 is 9.59 Å². The highest BCUT2D eigenvalue weighted by Gasteiger charge is 2.26. The van der Waals surface area contributed by atoms with Crippen LogP contribution in [0.3, 0.4) is 0 Å². The fourth-order valence-electron chi connectivity index (χ4n) is 5.04. The van der Waals surface area contributed by atoms with E-state index < -0.39 is 0 Å². The standard InChI is InChI=1S/C29H28N6O2S2/c1-18-12-21(32-24(13-18)23-17-38-25-5-3-2-4-22(23)25)16-30-15-19-7-10-35(11-8-19)28-31-9-6-20(33-28)14-26-27(36)34-29(37)39-26/h2-6,9,12-14,17,19,30H,7-8,10-11,15-16H2,1H3,(H,34,36,37). The quantitative estimate of drug-likeness (QED) is 0.292. The van der Waals surface area contributed by atoms with Crippen molar-refractivity contribution in [1.29, 1.82) is 0 Å². The number of anilines is 1. The van der Waals surface area contributed by atoms with Gasteiger partial charge in [0.05, 0.1) is 22.0 Å². The highest BCUT2D eigenvalue weighted by molar-refractivity contribution is 8.18. The van der Waals surface area contributed by atoms with Gasteiger partial charge in [0.15, 0.2) is 0 Å². The lowest BCUT2D eigenvalue weighted by molar-refractivity contribution is -0.115. The molecule has 2 amide bonds. The maximum Gasteiger partial charge on any atom is 0.290 e. The lowest BCUT2D eigenvalue weighted by Crippen LogP contribution is -2.38. The number of thioether (sulfide) groups is 1. The molecular formula is C29H28N6O2S2. The Morgan fingerprint density at radius 3 is 2.79 bits per heavy atom. The van der Waals surface area contributed by atoms with Crippen molar-refractivity contribution in [3.63, 3.8) is 0 Å². The minimum Gasteiger partial charge on any atom is -0.341 e. The summed E-state index contributed by atoms with van der Waals surface area (Å²) in [6, 6.07) is 14.6. The molecule has 3 aromatic heterocycles. The number of thiophene rings is 1. The van der Waals surface area contributed by atoms with Crippen molar-refractivity contribution in [3.8, 4) is 11.3 Å². The number of hydrogen-bond donors (Lipinski definition) is 2. The summed E-state index contributed by atoms with van der Waals surface area (Å²) in [6.07, 6.45) is 5.42. The number of nitrogens with zero attached hydrogens (tertiary/aromatic N) is 4. The molecule has 39 heavy (non-hydrogen) atoms. The summed E-state index contributed by atoms with van der Waals surface area (Å²) < 4.78 is 1.28. The Bertz CT molecular complexity index is 1580. The minimum absolute atomic E-state index is 0.355. The smallest absolute Gasteiger partial charge is 0.290 e. The number of carbonyl (C=O) groups is 2. The summed E-state index contributed by atoms with van der Waals surface area (Å²) in [5.41, 5.74) is 5.14.